The van der Waals surface area contributed by atoms with Crippen molar-refractivity contribution in [3.63, 3.8) is 0 Å². The van der Waals surface area contributed by atoms with Crippen molar-refractivity contribution in [2.75, 3.05) is 12.4 Å². The van der Waals surface area contributed by atoms with Gasteiger partial charge in [-0.15, -0.1) is 11.3 Å². The van der Waals surface area contributed by atoms with Crippen molar-refractivity contribution in [2.24, 2.45) is 0 Å². The summed E-state index contributed by atoms with van der Waals surface area (Å²) >= 11 is 6.77. The molecule has 0 aliphatic heterocycles. The summed E-state index contributed by atoms with van der Waals surface area (Å²) in [7, 11) is 1.48. The molecule has 0 saturated heterocycles. The lowest BCUT2D eigenvalue weighted by Crippen LogP contribution is -2.11. The Morgan fingerprint density at radius 1 is 1.25 bits per heavy atom. The smallest absolute Gasteiger partial charge is 0.345 e. The van der Waals surface area contributed by atoms with E-state index in [4.69, 9.17) is 21.4 Å². The average molecular weight is 312 g/mol. The van der Waals surface area contributed by atoms with Gasteiger partial charge in [-0.3, -0.25) is 4.79 Å². The van der Waals surface area contributed by atoms with E-state index in [2.05, 4.69) is 5.32 Å². The predicted molar refractivity (Wildman–Crippen MR) is 77.2 cm³/mol. The molecule has 1 amide bonds. The van der Waals surface area contributed by atoms with Crippen molar-refractivity contribution in [3.8, 4) is 5.75 Å². The van der Waals surface area contributed by atoms with Crippen LogP contribution in [0.3, 0.4) is 0 Å². The van der Waals surface area contributed by atoms with Gasteiger partial charge in [0.15, 0.2) is 0 Å². The third-order valence-electron chi connectivity index (χ3n) is 2.45. The minimum atomic E-state index is -1.06. The second kappa shape index (κ2) is 5.94. The molecule has 0 atom stereocenters. The largest absolute Gasteiger partial charge is 0.495 e. The number of anilines is 1. The van der Waals surface area contributed by atoms with Crippen LogP contribution < -0.4 is 10.1 Å². The van der Waals surface area contributed by atoms with Crippen LogP contribution in [-0.4, -0.2) is 24.1 Å². The number of amides is 1. The Labute approximate surface area is 123 Å². The van der Waals surface area contributed by atoms with Crippen molar-refractivity contribution >= 4 is 40.5 Å². The number of hydrogen-bond acceptors (Lipinski definition) is 4. The normalized spacial score (nSPS) is 10.1. The molecule has 20 heavy (non-hydrogen) atoms. The third-order valence-corrected chi connectivity index (χ3v) is 3.76. The van der Waals surface area contributed by atoms with Crippen molar-refractivity contribution in [1.82, 2.24) is 0 Å². The van der Waals surface area contributed by atoms with Crippen molar-refractivity contribution in [3.05, 3.63) is 45.1 Å². The average Bonchev–Trinajstić information content (AvgIpc) is 2.89. The Hall–Kier alpha value is -2.05. The summed E-state index contributed by atoms with van der Waals surface area (Å²) in [6.45, 7) is 0. The summed E-state index contributed by atoms with van der Waals surface area (Å²) in [6.07, 6.45) is 0. The SMILES string of the molecule is COc1ccc(Cl)cc1NC(=O)c1ccc(C(=O)O)s1. The fraction of sp³-hybridized carbons (Fsp3) is 0.0769. The van der Waals surface area contributed by atoms with E-state index in [0.29, 0.717) is 21.3 Å². The maximum Gasteiger partial charge on any atom is 0.345 e. The first-order chi connectivity index (χ1) is 9.51. The Bertz CT molecular complexity index is 668. The molecule has 1 aromatic heterocycles. The molecule has 2 N–H and O–H groups in total. The van der Waals surface area contributed by atoms with Gasteiger partial charge < -0.3 is 15.2 Å². The zero-order valence-electron chi connectivity index (χ0n) is 10.3. The lowest BCUT2D eigenvalue weighted by molar-refractivity contribution is 0.0702. The van der Waals surface area contributed by atoms with E-state index in [1.807, 2.05) is 0 Å². The number of hydrogen-bond donors (Lipinski definition) is 2. The summed E-state index contributed by atoms with van der Waals surface area (Å²) in [5.74, 6) is -1.00. The van der Waals surface area contributed by atoms with E-state index in [-0.39, 0.29) is 4.88 Å². The number of methoxy groups -OCH3 is 1. The number of aromatic carboxylic acids is 1. The number of carboxylic acid groups (broad SMARTS) is 1. The number of carbonyl (C=O) groups excluding carboxylic acids is 1. The van der Waals surface area contributed by atoms with Crippen molar-refractivity contribution in [1.29, 1.82) is 0 Å². The molecule has 104 valence electrons. The minimum absolute atomic E-state index is 0.105. The van der Waals surface area contributed by atoms with Gasteiger partial charge in [-0.25, -0.2) is 4.79 Å². The number of benzene rings is 1. The monoisotopic (exact) mass is 311 g/mol. The Balaban J connectivity index is 2.22. The number of rotatable bonds is 4. The second-order valence-electron chi connectivity index (χ2n) is 3.77. The standard InChI is InChI=1S/C13H10ClNO4S/c1-19-9-3-2-7(14)6-8(9)15-12(16)10-4-5-11(20-10)13(17)18/h2-6H,1H3,(H,15,16)(H,17,18). The molecule has 2 rings (SSSR count). The summed E-state index contributed by atoms with van der Waals surface area (Å²) in [4.78, 5) is 23.2. The van der Waals surface area contributed by atoms with Gasteiger partial charge >= 0.3 is 5.97 Å². The first kappa shape index (κ1) is 14.4. The topological polar surface area (TPSA) is 75.6 Å². The quantitative estimate of drug-likeness (QED) is 0.907. The highest BCUT2D eigenvalue weighted by molar-refractivity contribution is 7.15. The molecule has 0 spiro atoms. The number of thiophene rings is 1. The molecule has 0 saturated carbocycles. The highest BCUT2D eigenvalue weighted by Crippen LogP contribution is 2.28. The van der Waals surface area contributed by atoms with Gasteiger partial charge in [-0.2, -0.15) is 0 Å². The Morgan fingerprint density at radius 3 is 2.55 bits per heavy atom. The first-order valence-electron chi connectivity index (χ1n) is 5.49. The summed E-state index contributed by atoms with van der Waals surface area (Å²) in [5.41, 5.74) is 0.426. The highest BCUT2D eigenvalue weighted by Gasteiger charge is 2.14. The number of halogens is 1. The molecule has 0 bridgehead atoms. The van der Waals surface area contributed by atoms with Crippen LogP contribution in [0.25, 0.3) is 0 Å². The Morgan fingerprint density at radius 2 is 1.95 bits per heavy atom. The van der Waals surface area contributed by atoms with Crippen LogP contribution in [0.4, 0.5) is 5.69 Å². The molecule has 1 heterocycles. The van der Waals surface area contributed by atoms with Crippen LogP contribution in [0.1, 0.15) is 19.3 Å². The molecule has 0 unspecified atom stereocenters. The Kier molecular flexibility index (Phi) is 4.26. The summed E-state index contributed by atoms with van der Waals surface area (Å²) < 4.78 is 5.12. The lowest BCUT2D eigenvalue weighted by Gasteiger charge is -2.09. The lowest BCUT2D eigenvalue weighted by atomic mass is 10.3. The number of carboxylic acids is 1. The molecule has 0 fully saturated rings. The van der Waals surface area contributed by atoms with Gasteiger partial charge in [0.2, 0.25) is 0 Å². The van der Waals surface area contributed by atoms with E-state index in [1.165, 1.54) is 19.2 Å². The summed E-state index contributed by atoms with van der Waals surface area (Å²) in [5, 5.41) is 11.9. The van der Waals surface area contributed by atoms with Crippen LogP contribution in [0.2, 0.25) is 5.02 Å². The van der Waals surface area contributed by atoms with Crippen molar-refractivity contribution in [2.45, 2.75) is 0 Å². The van der Waals surface area contributed by atoms with E-state index < -0.39 is 11.9 Å². The van der Waals surface area contributed by atoms with Crippen LogP contribution in [-0.2, 0) is 0 Å². The van der Waals surface area contributed by atoms with Crippen LogP contribution in [0, 0.1) is 0 Å². The van der Waals surface area contributed by atoms with Crippen LogP contribution in [0.15, 0.2) is 30.3 Å². The first-order valence-corrected chi connectivity index (χ1v) is 6.68. The molecule has 1 aromatic carbocycles. The maximum atomic E-state index is 12.0. The van der Waals surface area contributed by atoms with Gasteiger partial charge in [-0.05, 0) is 30.3 Å². The highest BCUT2D eigenvalue weighted by atomic mass is 35.5. The maximum absolute atomic E-state index is 12.0. The fourth-order valence-corrected chi connectivity index (χ4v) is 2.45. The molecule has 2 aromatic rings. The second-order valence-corrected chi connectivity index (χ2v) is 5.29. The van der Waals surface area contributed by atoms with Gasteiger partial charge in [0.05, 0.1) is 17.7 Å². The third kappa shape index (κ3) is 3.09. The van der Waals surface area contributed by atoms with E-state index in [1.54, 1.807) is 18.2 Å². The molecule has 7 heteroatoms. The van der Waals surface area contributed by atoms with Crippen molar-refractivity contribution < 1.29 is 19.4 Å². The molecular formula is C13H10ClNO4S. The molecule has 0 aliphatic rings. The zero-order chi connectivity index (χ0) is 14.7. The predicted octanol–water partition coefficient (Wildman–Crippen LogP) is 3.36. The summed E-state index contributed by atoms with van der Waals surface area (Å²) in [6, 6.07) is 7.68. The van der Waals surface area contributed by atoms with E-state index in [0.717, 1.165) is 11.3 Å². The van der Waals surface area contributed by atoms with Gasteiger partial charge in [-0.1, -0.05) is 11.6 Å². The van der Waals surface area contributed by atoms with Crippen LogP contribution in [0.5, 0.6) is 5.75 Å². The molecule has 0 radical (unpaired) electrons. The van der Waals surface area contributed by atoms with Gasteiger partial charge in [0.1, 0.15) is 10.6 Å². The molecular weight excluding hydrogens is 302 g/mol. The van der Waals surface area contributed by atoms with E-state index in [9.17, 15) is 9.59 Å². The van der Waals surface area contributed by atoms with Gasteiger partial charge in [0.25, 0.3) is 5.91 Å². The molecule has 0 aliphatic carbocycles. The number of carbonyl (C=O) groups is 2. The van der Waals surface area contributed by atoms with Crippen LogP contribution >= 0.6 is 22.9 Å². The number of ether oxygens (including phenoxy) is 1. The minimum Gasteiger partial charge on any atom is -0.495 e. The molecule has 5 nitrogen and oxygen atoms in total. The fourth-order valence-electron chi connectivity index (χ4n) is 1.54. The zero-order valence-corrected chi connectivity index (χ0v) is 11.9. The van der Waals surface area contributed by atoms with E-state index >= 15 is 0 Å². The van der Waals surface area contributed by atoms with Gasteiger partial charge in [0, 0.05) is 5.02 Å². The number of nitrogens with one attached hydrogen (secondary N) is 1.